The number of carboxylic acid groups (broad SMARTS) is 1. The second kappa shape index (κ2) is 4.13. The Labute approximate surface area is 83.3 Å². The van der Waals surface area contributed by atoms with E-state index >= 15 is 0 Å². The maximum absolute atomic E-state index is 10.9. The van der Waals surface area contributed by atoms with Gasteiger partial charge in [-0.3, -0.25) is 0 Å². The summed E-state index contributed by atoms with van der Waals surface area (Å²) in [5, 5.41) is 8.94. The van der Waals surface area contributed by atoms with Gasteiger partial charge in [-0.15, -0.1) is 0 Å². The fourth-order valence-electron chi connectivity index (χ4n) is 1.34. The lowest BCUT2D eigenvalue weighted by Gasteiger charge is -2.11. The largest absolute Gasteiger partial charge is 0.497 e. The summed E-state index contributed by atoms with van der Waals surface area (Å²) in [5.74, 6) is -0.0220. The van der Waals surface area contributed by atoms with Crippen LogP contribution in [-0.2, 0) is 0 Å². The Bertz CT molecular complexity index is 342. The van der Waals surface area contributed by atoms with E-state index in [2.05, 4.69) is 0 Å². The molecule has 0 aliphatic heterocycles. The summed E-state index contributed by atoms with van der Waals surface area (Å²) < 4.78 is 5.05. The predicted octanol–water partition coefficient (Wildman–Crippen LogP) is 2.52. The molecule has 0 bridgehead atoms. The highest BCUT2D eigenvalue weighted by Crippen LogP contribution is 2.24. The third kappa shape index (κ3) is 2.05. The van der Waals surface area contributed by atoms with Gasteiger partial charge in [0.15, 0.2) is 0 Å². The van der Waals surface area contributed by atoms with Gasteiger partial charge in [0, 0.05) is 0 Å². The van der Waals surface area contributed by atoms with Crippen molar-refractivity contribution in [3.8, 4) is 5.75 Å². The van der Waals surface area contributed by atoms with Crippen molar-refractivity contribution < 1.29 is 14.6 Å². The highest BCUT2D eigenvalue weighted by molar-refractivity contribution is 5.89. The van der Waals surface area contributed by atoms with Gasteiger partial charge in [0.1, 0.15) is 5.75 Å². The molecule has 0 amide bonds. The Morgan fingerprint density at radius 2 is 2.07 bits per heavy atom. The second-order valence-electron chi connectivity index (χ2n) is 3.41. The summed E-state index contributed by atoms with van der Waals surface area (Å²) in [6.07, 6.45) is 0. The number of benzene rings is 1. The topological polar surface area (TPSA) is 46.5 Å². The molecule has 0 aromatic heterocycles. The summed E-state index contributed by atoms with van der Waals surface area (Å²) in [5.41, 5.74) is 1.15. The Kier molecular flexibility index (Phi) is 3.12. The van der Waals surface area contributed by atoms with E-state index in [1.165, 1.54) is 0 Å². The van der Waals surface area contributed by atoms with Crippen LogP contribution >= 0.6 is 0 Å². The monoisotopic (exact) mass is 196 g/mol. The minimum atomic E-state index is -0.892. The Morgan fingerprint density at radius 1 is 1.43 bits per heavy atom. The van der Waals surface area contributed by atoms with Gasteiger partial charge in [0.05, 0.1) is 12.7 Å². The Balaban J connectivity index is 3.24. The maximum atomic E-state index is 10.9. The fourth-order valence-corrected chi connectivity index (χ4v) is 1.34. The number of hydrogen-bond acceptors (Lipinski definition) is 2. The third-order valence-corrected chi connectivity index (χ3v) is 2.11. The highest BCUT2D eigenvalue weighted by Gasteiger charge is 2.13. The molecule has 0 radical (unpaired) electrons. The summed E-state index contributed by atoms with van der Waals surface area (Å²) >= 11 is 0. The minimum Gasteiger partial charge on any atom is -0.497 e. The predicted molar refractivity (Wildman–Crippen MR) is 54.0 cm³/mol. The molecule has 0 aliphatic rings. The van der Waals surface area contributed by atoms with Crippen LogP contribution in [0.1, 0.15) is 35.7 Å². The maximum Gasteiger partial charge on any atom is 0.335 e. The zero-order valence-corrected chi connectivity index (χ0v) is 8.57. The second-order valence-corrected chi connectivity index (χ2v) is 3.41. The van der Waals surface area contributed by atoms with Crippen LogP contribution in [-0.4, -0.2) is 18.2 Å². The first-order valence-electron chi connectivity index (χ1n) is 4.47. The number of ether oxygens (including phenoxy) is 1. The van der Waals surface area contributed by atoms with Gasteiger partial charge < -0.3 is 9.84 Å². The van der Waals surface area contributed by atoms with Gasteiger partial charge >= 0.3 is 5.97 Å². The van der Waals surface area contributed by atoms with Crippen LogP contribution < -0.4 is 4.74 Å². The first-order valence-corrected chi connectivity index (χ1v) is 4.47. The lowest BCUT2D eigenvalue weighted by molar-refractivity contribution is 0.0695. The van der Waals surface area contributed by atoms with Crippen molar-refractivity contribution in [2.24, 2.45) is 0 Å². The molecule has 1 rings (SSSR count). The molecule has 14 heavy (non-hydrogen) atoms. The normalized spacial score (nSPS) is 10.3. The summed E-state index contributed by atoms with van der Waals surface area (Å²) in [7, 11) is 1.57. The van der Waals surface area contributed by atoms with E-state index in [4.69, 9.17) is 9.84 Å². The van der Waals surface area contributed by atoms with Gasteiger partial charge in [-0.2, -0.15) is 0 Å². The number of carboxylic acids is 1. The zero-order chi connectivity index (χ0) is 10.7. The Morgan fingerprint density at radius 3 is 2.50 bits per heavy atom. The molecule has 1 aromatic carbocycles. The van der Waals surface area contributed by atoms with Crippen molar-refractivity contribution in [2.45, 2.75) is 19.8 Å². The molecule has 0 atom stereocenters. The van der Waals surface area contributed by atoms with Gasteiger partial charge in [0.2, 0.25) is 0 Å². The van der Waals surface area contributed by atoms with Crippen LogP contribution in [0.25, 0.3) is 0 Å². The SMILES string of the molecule is COc1ccc([14C](=O)O)c(C(C)C)c1. The molecule has 1 N–H and O–H groups in total. The van der Waals surface area contributed by atoms with E-state index in [1.807, 2.05) is 13.8 Å². The molecular weight excluding hydrogens is 182 g/mol. The average molecular weight is 196 g/mol. The standard InChI is InChI=1S/C11H14O3/c1-7(2)10-6-8(14-3)4-5-9(10)11(12)13/h4-7H,1-3H3,(H,12,13)/i11+2. The quantitative estimate of drug-likeness (QED) is 0.807. The van der Waals surface area contributed by atoms with E-state index in [-0.39, 0.29) is 5.92 Å². The summed E-state index contributed by atoms with van der Waals surface area (Å²) in [6, 6.07) is 5.01. The van der Waals surface area contributed by atoms with Crippen molar-refractivity contribution in [1.29, 1.82) is 0 Å². The zero-order valence-electron chi connectivity index (χ0n) is 8.57. The molecular formula is C11H14O3. The van der Waals surface area contributed by atoms with Gasteiger partial charge in [0.25, 0.3) is 0 Å². The third-order valence-electron chi connectivity index (χ3n) is 2.11. The molecule has 0 heterocycles. The van der Waals surface area contributed by atoms with Gasteiger partial charge in [-0.1, -0.05) is 13.8 Å². The molecule has 3 heteroatoms. The van der Waals surface area contributed by atoms with E-state index in [0.717, 1.165) is 5.56 Å². The van der Waals surface area contributed by atoms with Crippen LogP contribution in [0.4, 0.5) is 0 Å². The molecule has 76 valence electrons. The van der Waals surface area contributed by atoms with E-state index in [0.29, 0.717) is 11.3 Å². The number of hydrogen-bond donors (Lipinski definition) is 1. The van der Waals surface area contributed by atoms with Crippen molar-refractivity contribution in [1.82, 2.24) is 0 Å². The first-order chi connectivity index (χ1) is 6.56. The molecule has 1 aromatic rings. The smallest absolute Gasteiger partial charge is 0.335 e. The summed E-state index contributed by atoms with van der Waals surface area (Å²) in [4.78, 5) is 10.9. The number of methoxy groups -OCH3 is 1. The van der Waals surface area contributed by atoms with Crippen LogP contribution in [0.2, 0.25) is 0 Å². The van der Waals surface area contributed by atoms with Crippen molar-refractivity contribution in [3.05, 3.63) is 29.3 Å². The van der Waals surface area contributed by atoms with Crippen LogP contribution in [0.5, 0.6) is 5.75 Å². The van der Waals surface area contributed by atoms with E-state index in [1.54, 1.807) is 25.3 Å². The number of rotatable bonds is 3. The molecule has 0 unspecified atom stereocenters. The van der Waals surface area contributed by atoms with Gasteiger partial charge in [-0.25, -0.2) is 4.79 Å². The molecule has 0 aliphatic carbocycles. The molecule has 3 nitrogen and oxygen atoms in total. The fraction of sp³-hybridized carbons (Fsp3) is 0.364. The lowest BCUT2D eigenvalue weighted by Crippen LogP contribution is -2.04. The van der Waals surface area contributed by atoms with E-state index in [9.17, 15) is 4.79 Å². The average Bonchev–Trinajstić information content (AvgIpc) is 2.16. The molecule has 0 saturated carbocycles. The summed E-state index contributed by atoms with van der Waals surface area (Å²) in [6.45, 7) is 3.92. The van der Waals surface area contributed by atoms with Gasteiger partial charge in [-0.05, 0) is 29.7 Å². The van der Waals surface area contributed by atoms with E-state index < -0.39 is 5.97 Å². The van der Waals surface area contributed by atoms with Crippen molar-refractivity contribution >= 4 is 5.97 Å². The number of carbonyl (C=O) groups is 1. The highest BCUT2D eigenvalue weighted by atomic mass is 16.6. The molecule has 0 saturated heterocycles. The molecule has 0 spiro atoms. The Hall–Kier alpha value is -1.51. The minimum absolute atomic E-state index is 0.177. The van der Waals surface area contributed by atoms with Crippen LogP contribution in [0, 0.1) is 0 Å². The lowest BCUT2D eigenvalue weighted by atomic mass is 10.0. The van der Waals surface area contributed by atoms with Crippen molar-refractivity contribution in [2.75, 3.05) is 7.11 Å². The molecule has 0 fully saturated rings. The van der Waals surface area contributed by atoms with Crippen LogP contribution in [0.15, 0.2) is 18.2 Å². The van der Waals surface area contributed by atoms with Crippen molar-refractivity contribution in [3.63, 3.8) is 0 Å². The first kappa shape index (κ1) is 10.6. The van der Waals surface area contributed by atoms with Crippen LogP contribution in [0.3, 0.4) is 0 Å². The number of aromatic carboxylic acids is 1.